The van der Waals surface area contributed by atoms with Gasteiger partial charge in [-0.15, -0.1) is 0 Å². The molecule has 0 bridgehead atoms. The molecule has 1 atom stereocenters. The van der Waals surface area contributed by atoms with Crippen LogP contribution in [0, 0.1) is 5.41 Å². The molecule has 1 aromatic carbocycles. The summed E-state index contributed by atoms with van der Waals surface area (Å²) in [6, 6.07) is 7.31. The second-order valence-corrected chi connectivity index (χ2v) is 8.47. The van der Waals surface area contributed by atoms with Crippen LogP contribution in [0.5, 0.6) is 0 Å². The molecule has 1 aliphatic heterocycles. The van der Waals surface area contributed by atoms with Crippen molar-refractivity contribution in [2.45, 2.75) is 53.2 Å². The molecule has 1 N–H and O–H groups in total. The van der Waals surface area contributed by atoms with E-state index in [-0.39, 0.29) is 24.4 Å². The highest BCUT2D eigenvalue weighted by Crippen LogP contribution is 2.41. The van der Waals surface area contributed by atoms with Crippen LogP contribution in [0.25, 0.3) is 0 Å². The number of hydrogen-bond acceptors (Lipinski definition) is 5. The highest BCUT2D eigenvalue weighted by atomic mass is 35.5. The van der Waals surface area contributed by atoms with Crippen LogP contribution < -0.4 is 5.32 Å². The number of hydrogen-bond donors (Lipinski definition) is 1. The van der Waals surface area contributed by atoms with E-state index in [0.29, 0.717) is 28.3 Å². The van der Waals surface area contributed by atoms with Crippen molar-refractivity contribution in [2.75, 3.05) is 6.61 Å². The Balaban J connectivity index is 1.95. The molecule has 1 heterocycles. The molecular formula is C22H26ClNO4. The van der Waals surface area contributed by atoms with Gasteiger partial charge in [0, 0.05) is 28.4 Å². The van der Waals surface area contributed by atoms with Gasteiger partial charge in [0.1, 0.15) is 6.10 Å². The standard InChI is InChI=1S/C22H26ClNO4/c1-5-27-21(26)18-13(2)24-16-10-22(3,4)11-17(25)19(16)20(18)28-12-14-6-8-15(23)9-7-14/h6-9,20,24H,5,10-12H2,1-4H3/t20-/m0/s1. The summed E-state index contributed by atoms with van der Waals surface area (Å²) in [6.45, 7) is 8.23. The quantitative estimate of drug-likeness (QED) is 0.742. The second kappa shape index (κ2) is 8.10. The first-order chi connectivity index (χ1) is 13.2. The van der Waals surface area contributed by atoms with Gasteiger partial charge >= 0.3 is 5.97 Å². The lowest BCUT2D eigenvalue weighted by Crippen LogP contribution is -2.42. The molecule has 0 fully saturated rings. The number of nitrogens with one attached hydrogen (secondary N) is 1. The van der Waals surface area contributed by atoms with Gasteiger partial charge in [-0.25, -0.2) is 4.79 Å². The van der Waals surface area contributed by atoms with Crippen molar-refractivity contribution in [2.24, 2.45) is 5.41 Å². The maximum atomic E-state index is 13.0. The molecule has 6 heteroatoms. The fourth-order valence-electron chi connectivity index (χ4n) is 3.78. The van der Waals surface area contributed by atoms with Crippen LogP contribution in [0.15, 0.2) is 46.8 Å². The van der Waals surface area contributed by atoms with Crippen molar-refractivity contribution >= 4 is 23.4 Å². The van der Waals surface area contributed by atoms with Gasteiger partial charge in [-0.2, -0.15) is 0 Å². The molecule has 0 saturated carbocycles. The number of carbonyl (C=O) groups excluding carboxylic acids is 2. The number of halogens is 1. The summed E-state index contributed by atoms with van der Waals surface area (Å²) in [5.41, 5.74) is 3.20. The number of ether oxygens (including phenoxy) is 2. The lowest BCUT2D eigenvalue weighted by Gasteiger charge is -2.39. The van der Waals surface area contributed by atoms with Crippen LogP contribution in [0.3, 0.4) is 0 Å². The smallest absolute Gasteiger partial charge is 0.338 e. The molecule has 2 aliphatic rings. The van der Waals surface area contributed by atoms with E-state index < -0.39 is 12.1 Å². The van der Waals surface area contributed by atoms with E-state index in [4.69, 9.17) is 21.1 Å². The number of rotatable bonds is 5. The van der Waals surface area contributed by atoms with Crippen LogP contribution in [-0.2, 0) is 25.7 Å². The highest BCUT2D eigenvalue weighted by Gasteiger charge is 2.43. The SMILES string of the molecule is CCOC(=O)C1=C(C)NC2=C(C(=O)CC(C)(C)C2)[C@H]1OCc1ccc(Cl)cc1. The minimum Gasteiger partial charge on any atom is -0.462 e. The van der Waals surface area contributed by atoms with Crippen molar-refractivity contribution in [3.05, 3.63) is 57.4 Å². The average Bonchev–Trinajstić information content (AvgIpc) is 2.59. The number of carbonyl (C=O) groups is 2. The first-order valence-electron chi connectivity index (χ1n) is 9.49. The second-order valence-electron chi connectivity index (χ2n) is 8.03. The Bertz CT molecular complexity index is 852. The maximum absolute atomic E-state index is 13.0. The van der Waals surface area contributed by atoms with Gasteiger partial charge in [-0.3, -0.25) is 4.79 Å². The Kier molecular flexibility index (Phi) is 5.96. The molecule has 150 valence electrons. The number of Topliss-reactive ketones (excluding diaryl/α,β-unsaturated/α-hetero) is 1. The molecule has 0 aromatic heterocycles. The molecule has 0 spiro atoms. The molecule has 0 saturated heterocycles. The molecule has 5 nitrogen and oxygen atoms in total. The molecule has 28 heavy (non-hydrogen) atoms. The third-order valence-electron chi connectivity index (χ3n) is 5.01. The van der Waals surface area contributed by atoms with Crippen molar-refractivity contribution in [3.8, 4) is 0 Å². The third kappa shape index (κ3) is 4.31. The van der Waals surface area contributed by atoms with Crippen LogP contribution in [-0.4, -0.2) is 24.5 Å². The number of dihydropyridines is 1. The largest absolute Gasteiger partial charge is 0.462 e. The molecule has 0 amide bonds. The molecule has 0 radical (unpaired) electrons. The summed E-state index contributed by atoms with van der Waals surface area (Å²) in [7, 11) is 0. The minimum absolute atomic E-state index is 0.00848. The highest BCUT2D eigenvalue weighted by molar-refractivity contribution is 6.30. The van der Waals surface area contributed by atoms with Gasteiger partial charge in [0.15, 0.2) is 5.78 Å². The monoisotopic (exact) mass is 403 g/mol. The van der Waals surface area contributed by atoms with Crippen LogP contribution >= 0.6 is 11.6 Å². The lowest BCUT2D eigenvalue weighted by molar-refractivity contribution is -0.140. The number of ketones is 1. The Labute approximate surface area is 170 Å². The van der Waals surface area contributed by atoms with E-state index in [0.717, 1.165) is 17.7 Å². The van der Waals surface area contributed by atoms with Gasteiger partial charge in [-0.05, 0) is 43.4 Å². The Morgan fingerprint density at radius 2 is 1.93 bits per heavy atom. The summed E-state index contributed by atoms with van der Waals surface area (Å²) in [6.07, 6.45) is 0.404. The van der Waals surface area contributed by atoms with Crippen LogP contribution in [0.1, 0.15) is 46.1 Å². The Hall–Kier alpha value is -2.11. The Morgan fingerprint density at radius 3 is 2.57 bits per heavy atom. The average molecular weight is 404 g/mol. The van der Waals surface area contributed by atoms with Crippen LogP contribution in [0.2, 0.25) is 5.02 Å². The van der Waals surface area contributed by atoms with Crippen molar-refractivity contribution in [1.29, 1.82) is 0 Å². The fourth-order valence-corrected chi connectivity index (χ4v) is 3.91. The van der Waals surface area contributed by atoms with E-state index in [9.17, 15) is 9.59 Å². The third-order valence-corrected chi connectivity index (χ3v) is 5.26. The predicted molar refractivity (Wildman–Crippen MR) is 108 cm³/mol. The number of allylic oxidation sites excluding steroid dienone is 2. The zero-order valence-corrected chi connectivity index (χ0v) is 17.5. The lowest BCUT2D eigenvalue weighted by atomic mass is 9.72. The van der Waals surface area contributed by atoms with Gasteiger partial charge in [0.25, 0.3) is 0 Å². The van der Waals surface area contributed by atoms with Crippen molar-refractivity contribution < 1.29 is 19.1 Å². The topological polar surface area (TPSA) is 64.6 Å². The molecule has 0 unspecified atom stereocenters. The van der Waals surface area contributed by atoms with E-state index in [1.807, 2.05) is 19.1 Å². The van der Waals surface area contributed by atoms with Gasteiger partial charge in [0.2, 0.25) is 0 Å². The maximum Gasteiger partial charge on any atom is 0.338 e. The Morgan fingerprint density at radius 1 is 1.25 bits per heavy atom. The molecular weight excluding hydrogens is 378 g/mol. The summed E-state index contributed by atoms with van der Waals surface area (Å²) in [4.78, 5) is 25.6. The van der Waals surface area contributed by atoms with E-state index in [1.165, 1.54) is 0 Å². The zero-order valence-electron chi connectivity index (χ0n) is 16.7. The summed E-state index contributed by atoms with van der Waals surface area (Å²) in [5, 5.41) is 3.91. The zero-order chi connectivity index (χ0) is 20.5. The molecule has 1 aliphatic carbocycles. The predicted octanol–water partition coefficient (Wildman–Crippen LogP) is 4.31. The normalized spacial score (nSPS) is 21.3. The van der Waals surface area contributed by atoms with Gasteiger partial charge < -0.3 is 14.8 Å². The van der Waals surface area contributed by atoms with E-state index in [1.54, 1.807) is 19.1 Å². The number of benzene rings is 1. The van der Waals surface area contributed by atoms with E-state index >= 15 is 0 Å². The molecule has 1 aromatic rings. The molecule has 3 rings (SSSR count). The summed E-state index contributed by atoms with van der Waals surface area (Å²) >= 11 is 5.95. The first kappa shape index (κ1) is 20.6. The van der Waals surface area contributed by atoms with E-state index in [2.05, 4.69) is 19.2 Å². The summed E-state index contributed by atoms with van der Waals surface area (Å²) in [5.74, 6) is -0.452. The number of esters is 1. The summed E-state index contributed by atoms with van der Waals surface area (Å²) < 4.78 is 11.4. The van der Waals surface area contributed by atoms with Gasteiger partial charge in [-0.1, -0.05) is 37.6 Å². The van der Waals surface area contributed by atoms with Crippen molar-refractivity contribution in [1.82, 2.24) is 5.32 Å². The fraction of sp³-hybridized carbons (Fsp3) is 0.455. The van der Waals surface area contributed by atoms with Gasteiger partial charge in [0.05, 0.1) is 18.8 Å². The van der Waals surface area contributed by atoms with Crippen LogP contribution in [0.4, 0.5) is 0 Å². The van der Waals surface area contributed by atoms with Crippen molar-refractivity contribution in [3.63, 3.8) is 0 Å². The minimum atomic E-state index is -0.741. The first-order valence-corrected chi connectivity index (χ1v) is 9.87.